The van der Waals surface area contributed by atoms with E-state index in [1.54, 1.807) is 0 Å². The molecule has 2 saturated heterocycles. The van der Waals surface area contributed by atoms with Gasteiger partial charge in [0.1, 0.15) is 0 Å². The van der Waals surface area contributed by atoms with Gasteiger partial charge in [-0.2, -0.15) is 0 Å². The Morgan fingerprint density at radius 2 is 1.25 bits per heavy atom. The molecule has 0 radical (unpaired) electrons. The Morgan fingerprint density at radius 3 is 1.92 bits per heavy atom. The number of rotatable bonds is 6. The third-order valence-corrected chi connectivity index (χ3v) is 7.91. The summed E-state index contributed by atoms with van der Waals surface area (Å²) in [6.45, 7) is 4.62. The molecular weight excluding hydrogens is 493 g/mol. The van der Waals surface area contributed by atoms with E-state index in [0.29, 0.717) is 16.1 Å². The molecule has 2 fully saturated rings. The molecule has 5 nitrogen and oxygen atoms in total. The van der Waals surface area contributed by atoms with Gasteiger partial charge in [0.25, 0.3) is 11.8 Å². The molecule has 0 spiro atoms. The number of halogens is 2. The number of nitrogens with zero attached hydrogens (tertiary/aromatic N) is 3. The van der Waals surface area contributed by atoms with Crippen LogP contribution >= 0.6 is 23.2 Å². The lowest BCUT2D eigenvalue weighted by Crippen LogP contribution is -2.64. The minimum Gasteiger partial charge on any atom is -0.336 e. The Hall–Kier alpha value is -2.86. The van der Waals surface area contributed by atoms with Crippen LogP contribution in [0.1, 0.15) is 31.8 Å². The second-order valence-corrected chi connectivity index (χ2v) is 10.3. The van der Waals surface area contributed by atoms with Crippen molar-refractivity contribution in [1.82, 2.24) is 14.7 Å². The smallest absolute Gasteiger partial charge is 0.253 e. The van der Waals surface area contributed by atoms with Crippen LogP contribution in [-0.4, -0.2) is 71.8 Å². The van der Waals surface area contributed by atoms with Crippen molar-refractivity contribution in [3.63, 3.8) is 0 Å². The summed E-state index contributed by atoms with van der Waals surface area (Å²) in [5.74, 6) is 0.182. The molecule has 0 aromatic heterocycles. The van der Waals surface area contributed by atoms with Gasteiger partial charge in [0.05, 0.1) is 10.0 Å². The summed E-state index contributed by atoms with van der Waals surface area (Å²) in [5.41, 5.74) is 3.79. The molecule has 2 amide bonds. The van der Waals surface area contributed by atoms with Gasteiger partial charge in [-0.05, 0) is 60.4 Å². The number of hydrogen-bond donors (Lipinski definition) is 0. The Morgan fingerprint density at radius 1 is 0.667 bits per heavy atom. The van der Waals surface area contributed by atoms with Crippen molar-refractivity contribution in [3.05, 3.63) is 105 Å². The van der Waals surface area contributed by atoms with Crippen molar-refractivity contribution in [2.45, 2.75) is 18.9 Å². The van der Waals surface area contributed by atoms with E-state index in [4.69, 9.17) is 23.2 Å². The molecule has 2 heterocycles. The highest BCUT2D eigenvalue weighted by molar-refractivity contribution is 6.42. The van der Waals surface area contributed by atoms with Gasteiger partial charge in [0, 0.05) is 56.4 Å². The Kier molecular flexibility index (Phi) is 7.61. The molecule has 2 aliphatic heterocycles. The van der Waals surface area contributed by atoms with E-state index in [1.165, 1.54) is 5.56 Å². The Balaban J connectivity index is 1.07. The third kappa shape index (κ3) is 5.59. The van der Waals surface area contributed by atoms with Crippen molar-refractivity contribution >= 4 is 35.0 Å². The molecule has 3 aromatic carbocycles. The van der Waals surface area contributed by atoms with Gasteiger partial charge < -0.3 is 9.80 Å². The summed E-state index contributed by atoms with van der Waals surface area (Å²) >= 11 is 12.1. The number of carbonyl (C=O) groups is 2. The molecule has 0 atom stereocenters. The van der Waals surface area contributed by atoms with Crippen molar-refractivity contribution < 1.29 is 9.59 Å². The summed E-state index contributed by atoms with van der Waals surface area (Å²) in [7, 11) is 0. The van der Waals surface area contributed by atoms with Gasteiger partial charge in [-0.25, -0.2) is 0 Å². The first-order valence-corrected chi connectivity index (χ1v) is 13.1. The number of aryl methyl sites for hydroxylation is 2. The van der Waals surface area contributed by atoms with Crippen molar-refractivity contribution in [1.29, 1.82) is 0 Å². The second kappa shape index (κ2) is 11.0. The zero-order valence-corrected chi connectivity index (χ0v) is 21.6. The predicted octanol–water partition coefficient (Wildman–Crippen LogP) is 5.06. The zero-order chi connectivity index (χ0) is 25.1. The molecule has 2 aliphatic rings. The topological polar surface area (TPSA) is 43.9 Å². The second-order valence-electron chi connectivity index (χ2n) is 9.50. The highest BCUT2D eigenvalue weighted by atomic mass is 35.5. The average molecular weight is 522 g/mol. The summed E-state index contributed by atoms with van der Waals surface area (Å²) in [6.07, 6.45) is 1.74. The molecule has 186 valence electrons. The van der Waals surface area contributed by atoms with Crippen molar-refractivity contribution in [3.8, 4) is 0 Å². The van der Waals surface area contributed by atoms with E-state index in [9.17, 15) is 9.59 Å². The molecule has 7 heteroatoms. The van der Waals surface area contributed by atoms with Crippen LogP contribution in [0.3, 0.4) is 0 Å². The van der Waals surface area contributed by atoms with Gasteiger partial charge in [0.15, 0.2) is 0 Å². The number of carbonyl (C=O) groups excluding carboxylic acids is 2. The van der Waals surface area contributed by atoms with Crippen LogP contribution in [-0.2, 0) is 12.8 Å². The van der Waals surface area contributed by atoms with Crippen LogP contribution in [0.5, 0.6) is 0 Å². The first-order chi connectivity index (χ1) is 17.5. The normalized spacial score (nSPS) is 16.6. The van der Waals surface area contributed by atoms with Gasteiger partial charge in [-0.3, -0.25) is 14.5 Å². The van der Waals surface area contributed by atoms with Gasteiger partial charge in [-0.15, -0.1) is 0 Å². The van der Waals surface area contributed by atoms with Gasteiger partial charge in [-0.1, -0.05) is 59.6 Å². The summed E-state index contributed by atoms with van der Waals surface area (Å²) in [5, 5.41) is 1.14. The average Bonchev–Trinajstić information content (AvgIpc) is 2.89. The van der Waals surface area contributed by atoms with Crippen LogP contribution in [0.4, 0.5) is 0 Å². The predicted molar refractivity (Wildman–Crippen MR) is 144 cm³/mol. The molecular formula is C29H29Cl2N3O2. The number of amides is 2. The summed E-state index contributed by atoms with van der Waals surface area (Å²) in [4.78, 5) is 31.9. The fourth-order valence-electron chi connectivity index (χ4n) is 4.89. The lowest BCUT2D eigenvalue weighted by Gasteiger charge is -2.48. The summed E-state index contributed by atoms with van der Waals surface area (Å²) < 4.78 is 0. The number of piperazine rings is 1. The largest absolute Gasteiger partial charge is 0.336 e. The van der Waals surface area contributed by atoms with Crippen LogP contribution in [0, 0.1) is 0 Å². The quantitative estimate of drug-likeness (QED) is 0.455. The van der Waals surface area contributed by atoms with Crippen LogP contribution in [0.2, 0.25) is 10.0 Å². The first kappa shape index (κ1) is 24.8. The fourth-order valence-corrected chi connectivity index (χ4v) is 5.21. The lowest BCUT2D eigenvalue weighted by molar-refractivity contribution is 0.00854. The highest BCUT2D eigenvalue weighted by Crippen LogP contribution is 2.24. The third-order valence-electron chi connectivity index (χ3n) is 7.18. The molecule has 5 rings (SSSR count). The van der Waals surface area contributed by atoms with Crippen molar-refractivity contribution in [2.24, 2.45) is 0 Å². The van der Waals surface area contributed by atoms with E-state index < -0.39 is 0 Å². The SMILES string of the molecule is O=C(c1ccccc1)N1CCN(C2CN(C(=O)c3ccc(CCc4ccc(Cl)c(Cl)c4)cc3)C2)CC1. The number of likely N-dealkylation sites (tertiary alicyclic amines) is 1. The van der Waals surface area contributed by atoms with Crippen LogP contribution < -0.4 is 0 Å². The maximum Gasteiger partial charge on any atom is 0.253 e. The molecule has 0 aliphatic carbocycles. The fraction of sp³-hybridized carbons (Fsp3) is 0.310. The van der Waals surface area contributed by atoms with Crippen LogP contribution in [0.25, 0.3) is 0 Å². The lowest BCUT2D eigenvalue weighted by atomic mass is 10.0. The number of hydrogen-bond acceptors (Lipinski definition) is 3. The molecule has 36 heavy (non-hydrogen) atoms. The molecule has 0 saturated carbocycles. The molecule has 0 unspecified atom stereocenters. The van der Waals surface area contributed by atoms with E-state index >= 15 is 0 Å². The molecule has 0 N–H and O–H groups in total. The van der Waals surface area contributed by atoms with E-state index in [1.807, 2.05) is 82.6 Å². The maximum atomic E-state index is 12.9. The minimum absolute atomic E-state index is 0.0835. The summed E-state index contributed by atoms with van der Waals surface area (Å²) in [6, 6.07) is 23.5. The van der Waals surface area contributed by atoms with Crippen molar-refractivity contribution in [2.75, 3.05) is 39.3 Å². The maximum absolute atomic E-state index is 12.9. The van der Waals surface area contributed by atoms with Crippen LogP contribution in [0.15, 0.2) is 72.8 Å². The van der Waals surface area contributed by atoms with Gasteiger partial charge >= 0.3 is 0 Å². The Bertz CT molecular complexity index is 1220. The van der Waals surface area contributed by atoms with E-state index in [2.05, 4.69) is 4.90 Å². The first-order valence-electron chi connectivity index (χ1n) is 12.4. The zero-order valence-electron chi connectivity index (χ0n) is 20.1. The standard InChI is InChI=1S/C29H29Cl2N3O2/c30-26-13-10-22(18-27(26)31)7-6-21-8-11-24(12-9-21)29(36)34-19-25(20-34)32-14-16-33(17-15-32)28(35)23-4-2-1-3-5-23/h1-5,8-13,18,25H,6-7,14-17,19-20H2. The Labute approximate surface area is 222 Å². The minimum atomic E-state index is 0.0835. The molecule has 3 aromatic rings. The highest BCUT2D eigenvalue weighted by Gasteiger charge is 2.36. The van der Waals surface area contributed by atoms with E-state index in [0.717, 1.165) is 68.8 Å². The van der Waals surface area contributed by atoms with E-state index in [-0.39, 0.29) is 11.8 Å². The monoisotopic (exact) mass is 521 g/mol. The molecule has 0 bridgehead atoms. The van der Waals surface area contributed by atoms with Gasteiger partial charge in [0.2, 0.25) is 0 Å². The number of benzene rings is 3.